The molecule has 0 radical (unpaired) electrons. The summed E-state index contributed by atoms with van der Waals surface area (Å²) in [5.74, 6) is -0.118. The van der Waals surface area contributed by atoms with Crippen molar-refractivity contribution in [2.45, 2.75) is 63.9 Å². The van der Waals surface area contributed by atoms with Crippen LogP contribution in [-0.4, -0.2) is 28.8 Å². The van der Waals surface area contributed by atoms with Crippen molar-refractivity contribution in [3.63, 3.8) is 0 Å². The second-order valence-corrected chi connectivity index (χ2v) is 7.91. The van der Waals surface area contributed by atoms with Crippen molar-refractivity contribution in [3.05, 3.63) is 60.1 Å². The number of furan rings is 1. The van der Waals surface area contributed by atoms with Gasteiger partial charge in [0.05, 0.1) is 18.9 Å². The summed E-state index contributed by atoms with van der Waals surface area (Å²) in [6.45, 7) is 3.23. The number of nitrogens with one attached hydrogen (secondary N) is 1. The average Bonchev–Trinajstić information content (AvgIpc) is 3.16. The van der Waals surface area contributed by atoms with E-state index in [1.165, 1.54) is 20.1 Å². The molecule has 4 N–H and O–H groups in total. The molecule has 0 spiro atoms. The third kappa shape index (κ3) is 7.82. The SMILES string of the molecule is CC(C)(F)CC[C@H](C[C@H](O)[C@@H](N)Cc1ccccc1)C(=O)NCc1ccco1. The average molecular weight is 390 g/mol. The van der Waals surface area contributed by atoms with Crippen LogP contribution in [0.5, 0.6) is 0 Å². The number of amides is 1. The molecule has 6 heteroatoms. The summed E-state index contributed by atoms with van der Waals surface area (Å²) in [5, 5.41) is 13.4. The Morgan fingerprint density at radius 2 is 1.96 bits per heavy atom. The molecule has 2 aromatic rings. The van der Waals surface area contributed by atoms with Crippen molar-refractivity contribution < 1.29 is 18.7 Å². The minimum atomic E-state index is -1.38. The van der Waals surface area contributed by atoms with Crippen molar-refractivity contribution >= 4 is 5.91 Å². The number of carbonyl (C=O) groups is 1. The number of halogens is 1. The molecule has 0 aliphatic carbocycles. The van der Waals surface area contributed by atoms with Crippen molar-refractivity contribution in [2.75, 3.05) is 0 Å². The van der Waals surface area contributed by atoms with Crippen LogP contribution in [0.4, 0.5) is 4.39 Å². The number of carbonyl (C=O) groups excluding carboxylic acids is 1. The maximum atomic E-state index is 14.0. The fourth-order valence-corrected chi connectivity index (χ4v) is 3.09. The lowest BCUT2D eigenvalue weighted by Gasteiger charge is -2.25. The fraction of sp³-hybridized carbons (Fsp3) is 0.500. The van der Waals surface area contributed by atoms with E-state index in [0.717, 1.165) is 5.56 Å². The molecule has 0 aliphatic rings. The van der Waals surface area contributed by atoms with Gasteiger partial charge in [-0.15, -0.1) is 0 Å². The highest BCUT2D eigenvalue weighted by Crippen LogP contribution is 2.24. The van der Waals surface area contributed by atoms with E-state index < -0.39 is 23.7 Å². The third-order valence-corrected chi connectivity index (χ3v) is 4.81. The lowest BCUT2D eigenvalue weighted by atomic mass is 9.88. The predicted octanol–water partition coefficient (Wildman–Crippen LogP) is 3.36. The highest BCUT2D eigenvalue weighted by molar-refractivity contribution is 5.78. The largest absolute Gasteiger partial charge is 0.467 e. The monoisotopic (exact) mass is 390 g/mol. The minimum Gasteiger partial charge on any atom is -0.467 e. The molecule has 1 heterocycles. The maximum Gasteiger partial charge on any atom is 0.223 e. The number of benzene rings is 1. The number of nitrogens with two attached hydrogens (primary N) is 1. The van der Waals surface area contributed by atoms with Gasteiger partial charge in [-0.25, -0.2) is 4.39 Å². The van der Waals surface area contributed by atoms with Gasteiger partial charge >= 0.3 is 0 Å². The molecule has 3 atom stereocenters. The van der Waals surface area contributed by atoms with Gasteiger partial charge in [0.2, 0.25) is 5.91 Å². The molecule has 2 rings (SSSR count). The van der Waals surface area contributed by atoms with Crippen LogP contribution in [0.1, 0.15) is 44.4 Å². The summed E-state index contributed by atoms with van der Waals surface area (Å²) in [4.78, 5) is 12.6. The molecule has 1 aromatic heterocycles. The van der Waals surface area contributed by atoms with Gasteiger partial charge in [-0.1, -0.05) is 30.3 Å². The Balaban J connectivity index is 1.95. The van der Waals surface area contributed by atoms with Crippen LogP contribution in [-0.2, 0) is 17.8 Å². The number of hydrogen-bond donors (Lipinski definition) is 3. The summed E-state index contributed by atoms with van der Waals surface area (Å²) in [6, 6.07) is 12.7. The van der Waals surface area contributed by atoms with Crippen LogP contribution in [0, 0.1) is 5.92 Å². The van der Waals surface area contributed by atoms with Gasteiger partial charge in [0.1, 0.15) is 11.4 Å². The van der Waals surface area contributed by atoms with Crippen molar-refractivity contribution in [1.82, 2.24) is 5.32 Å². The van der Waals surface area contributed by atoms with Crippen LogP contribution in [0.25, 0.3) is 0 Å². The molecule has 1 aromatic carbocycles. The van der Waals surface area contributed by atoms with Crippen molar-refractivity contribution in [2.24, 2.45) is 11.7 Å². The van der Waals surface area contributed by atoms with Crippen LogP contribution >= 0.6 is 0 Å². The second-order valence-electron chi connectivity index (χ2n) is 7.91. The molecule has 0 bridgehead atoms. The predicted molar refractivity (Wildman–Crippen MR) is 107 cm³/mol. The summed E-state index contributed by atoms with van der Waals surface area (Å²) in [5.41, 5.74) is 5.81. The van der Waals surface area contributed by atoms with Gasteiger partial charge in [0.15, 0.2) is 0 Å². The van der Waals surface area contributed by atoms with E-state index in [-0.39, 0.29) is 25.3 Å². The normalized spacial score (nSPS) is 15.0. The number of hydrogen-bond acceptors (Lipinski definition) is 4. The first-order valence-electron chi connectivity index (χ1n) is 9.71. The molecule has 0 unspecified atom stereocenters. The first-order valence-corrected chi connectivity index (χ1v) is 9.71. The topological polar surface area (TPSA) is 88.5 Å². The lowest BCUT2D eigenvalue weighted by molar-refractivity contribution is -0.126. The van der Waals surface area contributed by atoms with Crippen LogP contribution in [0.3, 0.4) is 0 Å². The van der Waals surface area contributed by atoms with E-state index >= 15 is 0 Å². The zero-order valence-corrected chi connectivity index (χ0v) is 16.6. The van der Waals surface area contributed by atoms with E-state index in [2.05, 4.69) is 5.32 Å². The molecule has 28 heavy (non-hydrogen) atoms. The zero-order chi connectivity index (χ0) is 20.6. The van der Waals surface area contributed by atoms with E-state index in [9.17, 15) is 14.3 Å². The van der Waals surface area contributed by atoms with Crippen molar-refractivity contribution in [3.8, 4) is 0 Å². The summed E-state index contributed by atoms with van der Waals surface area (Å²) in [6.07, 6.45) is 1.94. The van der Waals surface area contributed by atoms with Gasteiger partial charge in [0, 0.05) is 12.0 Å². The maximum absolute atomic E-state index is 14.0. The molecule has 1 amide bonds. The minimum absolute atomic E-state index is 0.189. The summed E-state index contributed by atoms with van der Waals surface area (Å²) < 4.78 is 19.2. The second kappa shape index (κ2) is 10.4. The number of aliphatic hydroxyl groups is 1. The smallest absolute Gasteiger partial charge is 0.223 e. The lowest BCUT2D eigenvalue weighted by Crippen LogP contribution is -2.41. The Kier molecular flexibility index (Phi) is 8.20. The summed E-state index contributed by atoms with van der Waals surface area (Å²) >= 11 is 0. The Morgan fingerprint density at radius 1 is 1.25 bits per heavy atom. The Hall–Kier alpha value is -2.18. The molecule has 0 saturated carbocycles. The highest BCUT2D eigenvalue weighted by atomic mass is 19.1. The van der Waals surface area contributed by atoms with Crippen LogP contribution in [0.2, 0.25) is 0 Å². The van der Waals surface area contributed by atoms with Crippen LogP contribution < -0.4 is 11.1 Å². The third-order valence-electron chi connectivity index (χ3n) is 4.81. The molecule has 0 fully saturated rings. The molecular formula is C22H31FN2O3. The molecule has 0 aliphatic heterocycles. The van der Waals surface area contributed by atoms with Gasteiger partial charge in [-0.2, -0.15) is 0 Å². The quantitative estimate of drug-likeness (QED) is 0.549. The Bertz CT molecular complexity index is 698. The molecule has 0 saturated heterocycles. The zero-order valence-electron chi connectivity index (χ0n) is 16.6. The summed E-state index contributed by atoms with van der Waals surface area (Å²) in [7, 11) is 0. The van der Waals surface area contributed by atoms with Gasteiger partial charge < -0.3 is 20.6 Å². The first-order chi connectivity index (χ1) is 13.2. The van der Waals surface area contributed by atoms with Crippen LogP contribution in [0.15, 0.2) is 53.1 Å². The number of aliphatic hydroxyl groups excluding tert-OH is 1. The fourth-order valence-electron chi connectivity index (χ4n) is 3.09. The Morgan fingerprint density at radius 3 is 2.57 bits per heavy atom. The van der Waals surface area contributed by atoms with E-state index in [1.54, 1.807) is 12.1 Å². The number of rotatable bonds is 11. The first kappa shape index (κ1) is 22.1. The highest BCUT2D eigenvalue weighted by Gasteiger charge is 2.28. The van der Waals surface area contributed by atoms with E-state index in [1.807, 2.05) is 30.3 Å². The van der Waals surface area contributed by atoms with Gasteiger partial charge in [-0.3, -0.25) is 4.79 Å². The van der Waals surface area contributed by atoms with E-state index in [4.69, 9.17) is 10.2 Å². The molecule has 154 valence electrons. The van der Waals surface area contributed by atoms with E-state index in [0.29, 0.717) is 18.6 Å². The van der Waals surface area contributed by atoms with Crippen molar-refractivity contribution in [1.29, 1.82) is 0 Å². The van der Waals surface area contributed by atoms with Gasteiger partial charge in [-0.05, 0) is 57.2 Å². The Labute approximate surface area is 166 Å². The standard InChI is InChI=1S/C22H31FN2O3/c1-22(2,23)11-10-17(21(27)25-15-18-9-6-12-28-18)14-20(26)19(24)13-16-7-4-3-5-8-16/h3-9,12,17,19-20,26H,10-11,13-15,24H2,1-2H3,(H,25,27)/t17-,19+,20+/m1/s1. The van der Waals surface area contributed by atoms with Gasteiger partial charge in [0.25, 0.3) is 0 Å². The molecular weight excluding hydrogens is 359 g/mol. The molecule has 5 nitrogen and oxygen atoms in total. The number of alkyl halides is 1.